The fourth-order valence-corrected chi connectivity index (χ4v) is 2.43. The zero-order valence-electron chi connectivity index (χ0n) is 11.4. The number of nitrogens with zero attached hydrogens (tertiary/aromatic N) is 2. The van der Waals surface area contributed by atoms with Crippen LogP contribution in [0.3, 0.4) is 0 Å². The Balaban J connectivity index is 2.36. The lowest BCUT2D eigenvalue weighted by Crippen LogP contribution is -1.96. The molecule has 1 N–H and O–H groups in total. The zero-order valence-corrected chi connectivity index (χ0v) is 12.2. The molecule has 2 aromatic rings. The highest BCUT2D eigenvalue weighted by Crippen LogP contribution is 2.29. The summed E-state index contributed by atoms with van der Waals surface area (Å²) in [6.07, 6.45) is 2.35. The van der Waals surface area contributed by atoms with E-state index in [1.165, 1.54) is 0 Å². The molecule has 4 nitrogen and oxygen atoms in total. The van der Waals surface area contributed by atoms with Gasteiger partial charge in [-0.3, -0.25) is 9.79 Å². The molecule has 5 heteroatoms. The number of aromatic nitrogens is 1. The molecule has 20 heavy (non-hydrogen) atoms. The van der Waals surface area contributed by atoms with E-state index in [9.17, 15) is 4.79 Å². The molecule has 0 spiro atoms. The minimum absolute atomic E-state index is 0.536. The predicted octanol–water partition coefficient (Wildman–Crippen LogP) is 3.56. The first-order chi connectivity index (χ1) is 9.63. The van der Waals surface area contributed by atoms with E-state index < -0.39 is 0 Å². The lowest BCUT2D eigenvalue weighted by atomic mass is 10.1. The number of thioether (sulfide) groups is 1. The number of benzene rings is 1. The molecule has 0 atom stereocenters. The van der Waals surface area contributed by atoms with Crippen LogP contribution in [-0.4, -0.2) is 23.5 Å². The second-order valence-corrected chi connectivity index (χ2v) is 5.45. The van der Waals surface area contributed by atoms with E-state index in [2.05, 4.69) is 21.9 Å². The van der Waals surface area contributed by atoms with Crippen molar-refractivity contribution in [2.24, 2.45) is 4.99 Å². The van der Waals surface area contributed by atoms with Crippen molar-refractivity contribution in [1.82, 2.24) is 4.98 Å². The summed E-state index contributed by atoms with van der Waals surface area (Å²) in [5.74, 6) is 0.536. The third kappa shape index (κ3) is 3.24. The summed E-state index contributed by atoms with van der Waals surface area (Å²) in [6.45, 7) is 6.02. The molecule has 0 aliphatic carbocycles. The van der Waals surface area contributed by atoms with Crippen molar-refractivity contribution >= 4 is 44.7 Å². The summed E-state index contributed by atoms with van der Waals surface area (Å²) in [4.78, 5) is 19.7. The van der Waals surface area contributed by atoms with Crippen molar-refractivity contribution in [3.63, 3.8) is 0 Å². The van der Waals surface area contributed by atoms with Crippen molar-refractivity contribution in [3.8, 4) is 0 Å². The number of rotatable bonds is 4. The van der Waals surface area contributed by atoms with Gasteiger partial charge in [-0.25, -0.2) is 4.98 Å². The van der Waals surface area contributed by atoms with Gasteiger partial charge in [-0.1, -0.05) is 30.5 Å². The van der Waals surface area contributed by atoms with Gasteiger partial charge in [-0.15, -0.1) is 0 Å². The first kappa shape index (κ1) is 14.3. The number of carbonyl (C=O) groups is 1. The molecule has 0 aliphatic rings. The fraction of sp³-hybridized carbons (Fsp3) is 0.133. The molecule has 1 amide bonds. The molecule has 0 saturated heterocycles. The maximum atomic E-state index is 10.5. The van der Waals surface area contributed by atoms with Crippen LogP contribution in [0, 0.1) is 0 Å². The van der Waals surface area contributed by atoms with Gasteiger partial charge >= 0.3 is 0 Å². The van der Waals surface area contributed by atoms with E-state index in [4.69, 9.17) is 0 Å². The molecule has 1 aromatic heterocycles. The Bertz CT molecular complexity index is 695. The van der Waals surface area contributed by atoms with E-state index in [-0.39, 0.29) is 0 Å². The van der Waals surface area contributed by atoms with Gasteiger partial charge < -0.3 is 5.32 Å². The van der Waals surface area contributed by atoms with Gasteiger partial charge in [0, 0.05) is 23.5 Å². The fourth-order valence-electron chi connectivity index (χ4n) is 1.74. The van der Waals surface area contributed by atoms with E-state index in [1.807, 2.05) is 31.2 Å². The molecule has 0 radical (unpaired) electrons. The molecule has 0 unspecified atom stereocenters. The Hall–Kier alpha value is -2.14. The number of pyridine rings is 1. The Morgan fingerprint density at radius 2 is 2.20 bits per heavy atom. The third-order valence-corrected chi connectivity index (χ3v) is 3.80. The van der Waals surface area contributed by atoms with E-state index in [0.717, 1.165) is 26.3 Å². The largest absolute Gasteiger partial charge is 0.313 e. The van der Waals surface area contributed by atoms with Crippen molar-refractivity contribution < 1.29 is 4.79 Å². The average Bonchev–Trinajstić information content (AvgIpc) is 2.46. The van der Waals surface area contributed by atoms with Gasteiger partial charge in [0.25, 0.3) is 0 Å². The summed E-state index contributed by atoms with van der Waals surface area (Å²) >= 11 is 1.54. The molecule has 0 aliphatic heterocycles. The summed E-state index contributed by atoms with van der Waals surface area (Å²) in [6, 6.07) is 7.87. The molecular weight excluding hydrogens is 270 g/mol. The van der Waals surface area contributed by atoms with Gasteiger partial charge in [0.05, 0.1) is 5.04 Å². The molecule has 0 saturated carbocycles. The number of carbonyl (C=O) groups excluding carboxylic acids is 1. The maximum Gasteiger partial charge on any atom is 0.212 e. The molecule has 0 bridgehead atoms. The standard InChI is InChI=1S/C15H15N3OS/c1-10(20-11(2)16-3)12-4-5-13-8-17-15(18-9-19)7-14(13)6-12/h4-9H,1H2,2-3H3,(H,17,18,19)/b16-11-. The van der Waals surface area contributed by atoms with Crippen LogP contribution in [0.15, 0.2) is 42.0 Å². The van der Waals surface area contributed by atoms with Crippen molar-refractivity contribution in [2.45, 2.75) is 6.92 Å². The number of hydrogen-bond acceptors (Lipinski definition) is 4. The van der Waals surface area contributed by atoms with Gasteiger partial charge in [0.1, 0.15) is 5.82 Å². The van der Waals surface area contributed by atoms with E-state index in [1.54, 1.807) is 25.0 Å². The quantitative estimate of drug-likeness (QED) is 0.531. The summed E-state index contributed by atoms with van der Waals surface area (Å²) in [5.41, 5.74) is 1.04. The Labute approximate surface area is 122 Å². The number of fused-ring (bicyclic) bond motifs is 1. The SMILES string of the molecule is C=C(S/C(C)=N\C)c1ccc2cnc(NC=O)cc2c1. The maximum absolute atomic E-state index is 10.5. The molecule has 0 fully saturated rings. The number of nitrogens with one attached hydrogen (secondary N) is 1. The lowest BCUT2D eigenvalue weighted by molar-refractivity contribution is -0.105. The molecule has 1 aromatic carbocycles. The average molecular weight is 285 g/mol. The number of anilines is 1. The number of hydrogen-bond donors (Lipinski definition) is 1. The second kappa shape index (κ2) is 6.34. The van der Waals surface area contributed by atoms with Crippen LogP contribution < -0.4 is 5.32 Å². The van der Waals surface area contributed by atoms with Gasteiger partial charge in [-0.05, 0) is 30.0 Å². The molecule has 1 heterocycles. The normalized spacial score (nSPS) is 11.4. The third-order valence-electron chi connectivity index (χ3n) is 2.84. The molecule has 102 valence electrons. The van der Waals surface area contributed by atoms with Crippen LogP contribution in [0.25, 0.3) is 15.7 Å². The number of amides is 1. The molecule has 2 rings (SSSR count). The van der Waals surface area contributed by atoms with Crippen molar-refractivity contribution in [3.05, 3.63) is 42.6 Å². The Morgan fingerprint density at radius 3 is 2.90 bits per heavy atom. The summed E-state index contributed by atoms with van der Waals surface area (Å²) in [7, 11) is 1.76. The lowest BCUT2D eigenvalue weighted by Gasteiger charge is -2.07. The smallest absolute Gasteiger partial charge is 0.212 e. The van der Waals surface area contributed by atoms with Crippen LogP contribution in [0.2, 0.25) is 0 Å². The van der Waals surface area contributed by atoms with Crippen molar-refractivity contribution in [2.75, 3.05) is 12.4 Å². The van der Waals surface area contributed by atoms with Gasteiger partial charge in [0.15, 0.2) is 0 Å². The predicted molar refractivity (Wildman–Crippen MR) is 87.1 cm³/mol. The Morgan fingerprint density at radius 1 is 1.40 bits per heavy atom. The highest BCUT2D eigenvalue weighted by atomic mass is 32.2. The first-order valence-corrected chi connectivity index (χ1v) is 6.86. The van der Waals surface area contributed by atoms with Crippen LogP contribution in [0.5, 0.6) is 0 Å². The Kier molecular flexibility index (Phi) is 4.53. The molecular formula is C15H15N3OS. The zero-order chi connectivity index (χ0) is 14.5. The summed E-state index contributed by atoms with van der Waals surface area (Å²) in [5, 5.41) is 5.54. The topological polar surface area (TPSA) is 54.4 Å². The van der Waals surface area contributed by atoms with Crippen LogP contribution in [0.1, 0.15) is 12.5 Å². The highest BCUT2D eigenvalue weighted by molar-refractivity contribution is 8.21. The second-order valence-electron chi connectivity index (χ2n) is 4.16. The van der Waals surface area contributed by atoms with Crippen LogP contribution in [0.4, 0.5) is 5.82 Å². The van der Waals surface area contributed by atoms with Crippen molar-refractivity contribution in [1.29, 1.82) is 0 Å². The van der Waals surface area contributed by atoms with Crippen LogP contribution in [-0.2, 0) is 4.79 Å². The van der Waals surface area contributed by atoms with E-state index >= 15 is 0 Å². The minimum Gasteiger partial charge on any atom is -0.313 e. The minimum atomic E-state index is 0.536. The highest BCUT2D eigenvalue weighted by Gasteiger charge is 2.04. The van der Waals surface area contributed by atoms with Gasteiger partial charge in [-0.2, -0.15) is 0 Å². The van der Waals surface area contributed by atoms with Gasteiger partial charge in [0.2, 0.25) is 6.41 Å². The van der Waals surface area contributed by atoms with E-state index in [0.29, 0.717) is 12.2 Å². The summed E-state index contributed by atoms with van der Waals surface area (Å²) < 4.78 is 0. The van der Waals surface area contributed by atoms with Crippen LogP contribution >= 0.6 is 11.8 Å². The first-order valence-electron chi connectivity index (χ1n) is 6.04. The number of aliphatic imine (C=N–C) groups is 1. The monoisotopic (exact) mass is 285 g/mol.